The molecule has 1 amide bonds. The number of nitrogens with one attached hydrogen (secondary N) is 1. The van der Waals surface area contributed by atoms with Gasteiger partial charge in [0.1, 0.15) is 5.82 Å². The topological polar surface area (TPSA) is 32.3 Å². The summed E-state index contributed by atoms with van der Waals surface area (Å²) in [5.41, 5.74) is 3.47. The second-order valence-electron chi connectivity index (χ2n) is 7.58. The van der Waals surface area contributed by atoms with Gasteiger partial charge in [-0.25, -0.2) is 4.39 Å². The normalized spacial score (nSPS) is 18.9. The molecule has 2 aromatic rings. The highest BCUT2D eigenvalue weighted by atomic mass is 19.1. The maximum absolute atomic E-state index is 13.1. The molecule has 1 heterocycles. The largest absolute Gasteiger partial charge is 0.349 e. The molecule has 3 nitrogen and oxygen atoms in total. The number of aryl methyl sites for hydroxylation is 1. The number of nitrogens with zero attached hydrogens (tertiary/aromatic N) is 1. The number of hydrogen-bond acceptors (Lipinski definition) is 2. The summed E-state index contributed by atoms with van der Waals surface area (Å²) in [5, 5.41) is 3.25. The third kappa shape index (κ3) is 5.39. The Hall–Kier alpha value is -2.20. The average molecular weight is 368 g/mol. The summed E-state index contributed by atoms with van der Waals surface area (Å²) in [6, 6.07) is 15.1. The van der Waals surface area contributed by atoms with Crippen molar-refractivity contribution in [1.82, 2.24) is 10.2 Å². The quantitative estimate of drug-likeness (QED) is 0.807. The molecule has 0 bridgehead atoms. The lowest BCUT2D eigenvalue weighted by Crippen LogP contribution is -2.43. The van der Waals surface area contributed by atoms with Gasteiger partial charge in [-0.1, -0.05) is 48.9 Å². The average Bonchev–Trinajstić information content (AvgIpc) is 2.69. The maximum atomic E-state index is 13.1. The van der Waals surface area contributed by atoms with E-state index >= 15 is 0 Å². The van der Waals surface area contributed by atoms with Crippen molar-refractivity contribution in [3.8, 4) is 0 Å². The molecular weight excluding hydrogens is 339 g/mol. The van der Waals surface area contributed by atoms with Crippen LogP contribution < -0.4 is 5.32 Å². The number of likely N-dealkylation sites (tertiary alicyclic amines) is 1. The van der Waals surface area contributed by atoms with Gasteiger partial charge in [0.05, 0.1) is 12.0 Å². The van der Waals surface area contributed by atoms with Gasteiger partial charge in [-0.15, -0.1) is 0 Å². The molecule has 144 valence electrons. The lowest BCUT2D eigenvalue weighted by atomic mass is 9.95. The fraction of sp³-hybridized carbons (Fsp3) is 0.435. The van der Waals surface area contributed by atoms with Gasteiger partial charge in [-0.2, -0.15) is 0 Å². The molecule has 2 aromatic carbocycles. The molecule has 27 heavy (non-hydrogen) atoms. The van der Waals surface area contributed by atoms with Crippen LogP contribution in [0.1, 0.15) is 48.9 Å². The molecule has 1 saturated heterocycles. The van der Waals surface area contributed by atoms with E-state index in [9.17, 15) is 9.18 Å². The van der Waals surface area contributed by atoms with Crippen LogP contribution in [-0.2, 0) is 11.3 Å². The van der Waals surface area contributed by atoms with Gasteiger partial charge in [-0.05, 0) is 56.0 Å². The lowest BCUT2D eigenvalue weighted by Gasteiger charge is -2.33. The molecule has 1 aliphatic rings. The standard InChI is InChI=1S/C23H29FN2O/c1-3-22(19-10-6-17(2)7-11-19)25-23(27)20-5-4-14-26(16-20)15-18-8-12-21(24)13-9-18/h6-13,20,22H,3-5,14-16H2,1-2H3,(H,25,27)/t20-,22+/m0/s1. The molecule has 0 aromatic heterocycles. The summed E-state index contributed by atoms with van der Waals surface area (Å²) in [7, 11) is 0. The van der Waals surface area contributed by atoms with Crippen LogP contribution >= 0.6 is 0 Å². The summed E-state index contributed by atoms with van der Waals surface area (Å²) in [5.74, 6) is -0.0544. The number of halogens is 1. The first-order valence-electron chi connectivity index (χ1n) is 9.89. The first-order valence-corrected chi connectivity index (χ1v) is 9.89. The number of carbonyl (C=O) groups excluding carboxylic acids is 1. The van der Waals surface area contributed by atoms with Crippen molar-refractivity contribution < 1.29 is 9.18 Å². The zero-order chi connectivity index (χ0) is 19.2. The van der Waals surface area contributed by atoms with Crippen molar-refractivity contribution in [3.05, 3.63) is 71.0 Å². The van der Waals surface area contributed by atoms with Gasteiger partial charge in [0.2, 0.25) is 5.91 Å². The van der Waals surface area contributed by atoms with E-state index in [-0.39, 0.29) is 23.7 Å². The van der Waals surface area contributed by atoms with Crippen LogP contribution in [-0.4, -0.2) is 23.9 Å². The molecule has 0 saturated carbocycles. The molecule has 1 aliphatic heterocycles. The van der Waals surface area contributed by atoms with Gasteiger partial charge in [0.15, 0.2) is 0 Å². The first-order chi connectivity index (χ1) is 13.0. The molecule has 3 rings (SSSR count). The second kappa shape index (κ2) is 9.14. The fourth-order valence-corrected chi connectivity index (χ4v) is 3.77. The number of hydrogen-bond donors (Lipinski definition) is 1. The molecule has 4 heteroatoms. The van der Waals surface area contributed by atoms with Crippen molar-refractivity contribution in [3.63, 3.8) is 0 Å². The Morgan fingerprint density at radius 2 is 1.89 bits per heavy atom. The highest BCUT2D eigenvalue weighted by Crippen LogP contribution is 2.22. The van der Waals surface area contributed by atoms with Crippen molar-refractivity contribution in [2.75, 3.05) is 13.1 Å². The molecule has 0 spiro atoms. The Bertz CT molecular complexity index is 742. The van der Waals surface area contributed by atoms with Crippen LogP contribution in [0, 0.1) is 18.7 Å². The number of piperidine rings is 1. The van der Waals surface area contributed by atoms with Gasteiger partial charge in [-0.3, -0.25) is 9.69 Å². The zero-order valence-electron chi connectivity index (χ0n) is 16.2. The number of carbonyl (C=O) groups is 1. The fourth-order valence-electron chi connectivity index (χ4n) is 3.77. The minimum atomic E-state index is -0.212. The van der Waals surface area contributed by atoms with Gasteiger partial charge >= 0.3 is 0 Å². The van der Waals surface area contributed by atoms with Gasteiger partial charge in [0, 0.05) is 13.1 Å². The summed E-state index contributed by atoms with van der Waals surface area (Å²) < 4.78 is 13.1. The number of amides is 1. The van der Waals surface area contributed by atoms with Gasteiger partial charge in [0.25, 0.3) is 0 Å². The number of benzene rings is 2. The minimum absolute atomic E-state index is 0.0127. The molecule has 1 N–H and O–H groups in total. The molecule has 2 atom stereocenters. The van der Waals surface area contributed by atoms with Crippen LogP contribution in [0.2, 0.25) is 0 Å². The zero-order valence-corrected chi connectivity index (χ0v) is 16.2. The highest BCUT2D eigenvalue weighted by Gasteiger charge is 2.27. The van der Waals surface area contributed by atoms with Crippen molar-refractivity contribution >= 4 is 5.91 Å². The van der Waals surface area contributed by atoms with E-state index in [1.54, 1.807) is 0 Å². The monoisotopic (exact) mass is 368 g/mol. The van der Waals surface area contributed by atoms with Crippen LogP contribution in [0.15, 0.2) is 48.5 Å². The van der Waals surface area contributed by atoms with Crippen LogP contribution in [0.3, 0.4) is 0 Å². The molecule has 1 fully saturated rings. The van der Waals surface area contributed by atoms with E-state index in [2.05, 4.69) is 48.3 Å². The Labute approximate surface area is 161 Å². The molecule has 0 aliphatic carbocycles. The highest BCUT2D eigenvalue weighted by molar-refractivity contribution is 5.79. The second-order valence-corrected chi connectivity index (χ2v) is 7.58. The van der Waals surface area contributed by atoms with E-state index in [1.807, 2.05) is 12.1 Å². The Morgan fingerprint density at radius 1 is 1.19 bits per heavy atom. The van der Waals surface area contributed by atoms with Crippen LogP contribution in [0.5, 0.6) is 0 Å². The third-order valence-electron chi connectivity index (χ3n) is 5.40. The lowest BCUT2D eigenvalue weighted by molar-refractivity contribution is -0.127. The molecular formula is C23H29FN2O. The smallest absolute Gasteiger partial charge is 0.224 e. The van der Waals surface area contributed by atoms with Crippen molar-refractivity contribution in [2.45, 2.75) is 45.7 Å². The predicted molar refractivity (Wildman–Crippen MR) is 107 cm³/mol. The van der Waals surface area contributed by atoms with Crippen molar-refractivity contribution in [2.24, 2.45) is 5.92 Å². The van der Waals surface area contributed by atoms with Crippen LogP contribution in [0.25, 0.3) is 0 Å². The summed E-state index contributed by atoms with van der Waals surface area (Å²) >= 11 is 0. The van der Waals surface area contributed by atoms with Crippen LogP contribution in [0.4, 0.5) is 4.39 Å². The third-order valence-corrected chi connectivity index (χ3v) is 5.40. The van der Waals surface area contributed by atoms with Crippen molar-refractivity contribution in [1.29, 1.82) is 0 Å². The number of rotatable bonds is 6. The minimum Gasteiger partial charge on any atom is -0.349 e. The summed E-state index contributed by atoms with van der Waals surface area (Å²) in [4.78, 5) is 15.2. The molecule has 0 unspecified atom stereocenters. The Morgan fingerprint density at radius 3 is 2.56 bits per heavy atom. The maximum Gasteiger partial charge on any atom is 0.224 e. The van der Waals surface area contributed by atoms with E-state index < -0.39 is 0 Å². The van der Waals surface area contributed by atoms with E-state index in [1.165, 1.54) is 17.7 Å². The van der Waals surface area contributed by atoms with E-state index in [0.717, 1.165) is 50.0 Å². The van der Waals surface area contributed by atoms with Gasteiger partial charge < -0.3 is 5.32 Å². The first kappa shape index (κ1) is 19.6. The summed E-state index contributed by atoms with van der Waals surface area (Å²) in [6.45, 7) is 6.68. The van der Waals surface area contributed by atoms with E-state index in [0.29, 0.717) is 0 Å². The Kier molecular flexibility index (Phi) is 6.62. The SMILES string of the molecule is CC[C@@H](NC(=O)[C@H]1CCCN(Cc2ccc(F)cc2)C1)c1ccc(C)cc1. The predicted octanol–water partition coefficient (Wildman–Crippen LogP) is 4.61. The summed E-state index contributed by atoms with van der Waals surface area (Å²) in [6.07, 6.45) is 2.82. The molecule has 0 radical (unpaired) electrons. The Balaban J connectivity index is 1.58. The van der Waals surface area contributed by atoms with E-state index in [4.69, 9.17) is 0 Å².